The molecular formula is C19H16F2N4O3. The molecule has 0 saturated heterocycles. The Morgan fingerprint density at radius 2 is 1.79 bits per heavy atom. The number of anilines is 2. The zero-order valence-corrected chi connectivity index (χ0v) is 15.0. The van der Waals surface area contributed by atoms with Gasteiger partial charge in [-0.2, -0.15) is 0 Å². The lowest BCUT2D eigenvalue weighted by Gasteiger charge is -2.12. The first-order valence-electron chi connectivity index (χ1n) is 8.03. The number of aromatic nitrogens is 2. The number of hydrogen-bond acceptors (Lipinski definition) is 6. The molecule has 0 fully saturated rings. The lowest BCUT2D eigenvalue weighted by atomic mass is 10.1. The highest BCUT2D eigenvalue weighted by atomic mass is 19.1. The highest BCUT2D eigenvalue weighted by Crippen LogP contribution is 2.32. The van der Waals surface area contributed by atoms with Crippen LogP contribution in [0.5, 0.6) is 11.5 Å². The van der Waals surface area contributed by atoms with Crippen LogP contribution in [0.4, 0.5) is 20.3 Å². The van der Waals surface area contributed by atoms with Gasteiger partial charge in [-0.25, -0.2) is 18.7 Å². The molecule has 28 heavy (non-hydrogen) atoms. The lowest BCUT2D eigenvalue weighted by Crippen LogP contribution is -2.13. The van der Waals surface area contributed by atoms with E-state index in [2.05, 4.69) is 15.3 Å². The number of primary amides is 1. The van der Waals surface area contributed by atoms with Crippen LogP contribution in [-0.4, -0.2) is 30.1 Å². The first-order chi connectivity index (χ1) is 13.4. The monoisotopic (exact) mass is 386 g/mol. The summed E-state index contributed by atoms with van der Waals surface area (Å²) in [7, 11) is 2.76. The van der Waals surface area contributed by atoms with Crippen molar-refractivity contribution in [3.63, 3.8) is 0 Å². The molecule has 0 bridgehead atoms. The van der Waals surface area contributed by atoms with Crippen LogP contribution < -0.4 is 20.5 Å². The quantitative estimate of drug-likeness (QED) is 0.675. The number of rotatable bonds is 6. The molecule has 0 saturated carbocycles. The normalized spacial score (nSPS) is 10.4. The molecule has 1 amide bonds. The Hall–Kier alpha value is -3.75. The fourth-order valence-electron chi connectivity index (χ4n) is 2.60. The number of amides is 1. The molecule has 144 valence electrons. The molecule has 0 unspecified atom stereocenters. The van der Waals surface area contributed by atoms with Gasteiger partial charge in [0.25, 0.3) is 5.91 Å². The third-order valence-corrected chi connectivity index (χ3v) is 3.92. The van der Waals surface area contributed by atoms with Crippen LogP contribution in [-0.2, 0) is 0 Å². The summed E-state index contributed by atoms with van der Waals surface area (Å²) in [5.74, 6) is -1.26. The predicted octanol–water partition coefficient (Wildman–Crippen LogP) is 3.28. The molecular weight excluding hydrogens is 370 g/mol. The smallest absolute Gasteiger partial charge is 0.252 e. The Kier molecular flexibility index (Phi) is 5.35. The Morgan fingerprint density at radius 1 is 1.04 bits per heavy atom. The molecule has 7 nitrogen and oxygen atoms in total. The van der Waals surface area contributed by atoms with E-state index in [1.807, 2.05) is 0 Å². The van der Waals surface area contributed by atoms with Crippen molar-refractivity contribution in [1.82, 2.24) is 9.97 Å². The number of carbonyl (C=O) groups is 1. The van der Waals surface area contributed by atoms with Crippen LogP contribution in [0.2, 0.25) is 0 Å². The van der Waals surface area contributed by atoms with Gasteiger partial charge in [-0.3, -0.25) is 4.79 Å². The maximum Gasteiger partial charge on any atom is 0.252 e. The second kappa shape index (κ2) is 7.87. The van der Waals surface area contributed by atoms with Crippen molar-refractivity contribution >= 4 is 17.4 Å². The SMILES string of the molecule is COc1cc(F)c(Nc2cc(-c3cc(F)ccc3OC)ncn2)cc1C(N)=O. The van der Waals surface area contributed by atoms with Crippen molar-refractivity contribution < 1.29 is 23.0 Å². The summed E-state index contributed by atoms with van der Waals surface area (Å²) in [5.41, 5.74) is 6.04. The molecule has 0 atom stereocenters. The number of nitrogens with two attached hydrogens (primary N) is 1. The second-order valence-corrected chi connectivity index (χ2v) is 5.65. The highest BCUT2D eigenvalue weighted by Gasteiger charge is 2.16. The Labute approximate surface area is 159 Å². The van der Waals surface area contributed by atoms with Crippen molar-refractivity contribution in [1.29, 1.82) is 0 Å². The maximum absolute atomic E-state index is 14.4. The van der Waals surface area contributed by atoms with Crippen molar-refractivity contribution in [2.45, 2.75) is 0 Å². The van der Waals surface area contributed by atoms with Crippen molar-refractivity contribution in [3.05, 3.63) is 59.9 Å². The highest BCUT2D eigenvalue weighted by molar-refractivity contribution is 5.97. The van der Waals surface area contributed by atoms with Gasteiger partial charge in [0.15, 0.2) is 0 Å². The fourth-order valence-corrected chi connectivity index (χ4v) is 2.60. The Balaban J connectivity index is 2.00. The van der Waals surface area contributed by atoms with Gasteiger partial charge in [-0.05, 0) is 24.3 Å². The molecule has 0 spiro atoms. The number of nitrogens with zero attached hydrogens (tertiary/aromatic N) is 2. The molecule has 3 N–H and O–H groups in total. The second-order valence-electron chi connectivity index (χ2n) is 5.65. The van der Waals surface area contributed by atoms with Gasteiger partial charge in [0.1, 0.15) is 35.3 Å². The molecule has 0 aliphatic rings. The van der Waals surface area contributed by atoms with Crippen LogP contribution in [0.1, 0.15) is 10.4 Å². The van der Waals surface area contributed by atoms with Gasteiger partial charge < -0.3 is 20.5 Å². The van der Waals surface area contributed by atoms with Gasteiger partial charge in [0.2, 0.25) is 0 Å². The molecule has 0 radical (unpaired) electrons. The molecule has 0 aliphatic carbocycles. The minimum atomic E-state index is -0.771. The molecule has 1 heterocycles. The van der Waals surface area contributed by atoms with E-state index < -0.39 is 17.5 Å². The van der Waals surface area contributed by atoms with Crippen LogP contribution in [0.25, 0.3) is 11.3 Å². The summed E-state index contributed by atoms with van der Waals surface area (Å²) in [6, 6.07) is 7.76. The van der Waals surface area contributed by atoms with E-state index in [9.17, 15) is 13.6 Å². The number of halogens is 2. The molecule has 3 rings (SSSR count). The molecule has 2 aromatic carbocycles. The standard InChI is InChI=1S/C19H16F2N4O3/c1-27-16-4-3-10(20)5-11(16)14-8-18(24-9-23-14)25-15-6-12(19(22)26)17(28-2)7-13(15)21/h3-9H,1-2H3,(H2,22,26)(H,23,24,25). The molecule has 0 aliphatic heterocycles. The van der Waals surface area contributed by atoms with Crippen LogP contribution in [0.15, 0.2) is 42.7 Å². The minimum Gasteiger partial charge on any atom is -0.496 e. The van der Waals surface area contributed by atoms with E-state index in [1.54, 1.807) is 0 Å². The van der Waals surface area contributed by atoms with Gasteiger partial charge >= 0.3 is 0 Å². The minimum absolute atomic E-state index is 0.00693. The topological polar surface area (TPSA) is 99.4 Å². The third kappa shape index (κ3) is 3.83. The summed E-state index contributed by atoms with van der Waals surface area (Å²) in [6.07, 6.45) is 1.23. The lowest BCUT2D eigenvalue weighted by molar-refractivity contribution is 0.0997. The van der Waals surface area contributed by atoms with E-state index in [4.69, 9.17) is 15.2 Å². The van der Waals surface area contributed by atoms with Crippen molar-refractivity contribution in [3.8, 4) is 22.8 Å². The summed E-state index contributed by atoms with van der Waals surface area (Å²) < 4.78 is 38.2. The summed E-state index contributed by atoms with van der Waals surface area (Å²) >= 11 is 0. The van der Waals surface area contributed by atoms with Crippen molar-refractivity contribution in [2.75, 3.05) is 19.5 Å². The average Bonchev–Trinajstić information content (AvgIpc) is 2.69. The Morgan fingerprint density at radius 3 is 2.46 bits per heavy atom. The Bertz CT molecular complexity index is 1040. The van der Waals surface area contributed by atoms with Gasteiger partial charge in [0, 0.05) is 17.7 Å². The molecule has 9 heteroatoms. The van der Waals surface area contributed by atoms with E-state index in [1.165, 1.54) is 50.9 Å². The third-order valence-electron chi connectivity index (χ3n) is 3.92. The van der Waals surface area contributed by atoms with Crippen LogP contribution in [0, 0.1) is 11.6 Å². The number of hydrogen-bond donors (Lipinski definition) is 2. The van der Waals surface area contributed by atoms with Gasteiger partial charge in [0.05, 0.1) is 31.2 Å². The van der Waals surface area contributed by atoms with Crippen LogP contribution >= 0.6 is 0 Å². The first kappa shape index (κ1) is 19.0. The largest absolute Gasteiger partial charge is 0.496 e. The summed E-state index contributed by atoms with van der Waals surface area (Å²) in [4.78, 5) is 19.7. The number of methoxy groups -OCH3 is 2. The summed E-state index contributed by atoms with van der Waals surface area (Å²) in [5, 5.41) is 2.76. The average molecular weight is 386 g/mol. The van der Waals surface area contributed by atoms with Gasteiger partial charge in [-0.15, -0.1) is 0 Å². The molecule has 1 aromatic heterocycles. The first-order valence-corrected chi connectivity index (χ1v) is 8.03. The van der Waals surface area contributed by atoms with E-state index in [-0.39, 0.29) is 22.8 Å². The number of carbonyl (C=O) groups excluding carboxylic acids is 1. The maximum atomic E-state index is 14.4. The number of nitrogens with one attached hydrogen (secondary N) is 1. The number of benzene rings is 2. The zero-order valence-electron chi connectivity index (χ0n) is 15.0. The van der Waals surface area contributed by atoms with E-state index in [0.29, 0.717) is 17.0 Å². The molecule has 3 aromatic rings. The van der Waals surface area contributed by atoms with Crippen molar-refractivity contribution in [2.24, 2.45) is 5.73 Å². The van der Waals surface area contributed by atoms with E-state index >= 15 is 0 Å². The van der Waals surface area contributed by atoms with E-state index in [0.717, 1.165) is 6.07 Å². The zero-order chi connectivity index (χ0) is 20.3. The summed E-state index contributed by atoms with van der Waals surface area (Å²) in [6.45, 7) is 0. The van der Waals surface area contributed by atoms with Crippen LogP contribution in [0.3, 0.4) is 0 Å². The number of ether oxygens (including phenoxy) is 2. The predicted molar refractivity (Wildman–Crippen MR) is 98.7 cm³/mol. The fraction of sp³-hybridized carbons (Fsp3) is 0.105. The van der Waals surface area contributed by atoms with Gasteiger partial charge in [-0.1, -0.05) is 0 Å².